The fraction of sp³-hybridized carbons (Fsp3) is 0.0714. The van der Waals surface area contributed by atoms with Gasteiger partial charge < -0.3 is 4.42 Å². The number of halogens is 4. The molecule has 1 aromatic heterocycles. The molecule has 0 fully saturated rings. The standard InChI is InChI=1S/C14H7ClF3NO2/c15-12(7-3-8(16)13(18)9(17)4-7)6-1-2-10-11(5-6)21-14(20)19-10/h1-5,12H,(H,19,20). The third kappa shape index (κ3) is 2.42. The minimum absolute atomic E-state index is 0.0605. The van der Waals surface area contributed by atoms with Gasteiger partial charge in [0.05, 0.1) is 10.9 Å². The average molecular weight is 314 g/mol. The number of fused-ring (bicyclic) bond motifs is 1. The quantitative estimate of drug-likeness (QED) is 0.576. The second kappa shape index (κ2) is 4.96. The van der Waals surface area contributed by atoms with Crippen LogP contribution in [0.1, 0.15) is 16.5 Å². The zero-order chi connectivity index (χ0) is 15.1. The van der Waals surface area contributed by atoms with E-state index in [4.69, 9.17) is 16.0 Å². The minimum Gasteiger partial charge on any atom is -0.408 e. The molecule has 1 atom stereocenters. The fourth-order valence-electron chi connectivity index (χ4n) is 2.03. The number of hydrogen-bond acceptors (Lipinski definition) is 2. The number of hydrogen-bond donors (Lipinski definition) is 1. The van der Waals surface area contributed by atoms with Crippen LogP contribution in [0, 0.1) is 17.5 Å². The summed E-state index contributed by atoms with van der Waals surface area (Å²) >= 11 is 6.15. The predicted molar refractivity (Wildman–Crippen MR) is 70.8 cm³/mol. The number of oxazole rings is 1. The molecule has 0 spiro atoms. The van der Waals surface area contributed by atoms with E-state index in [1.54, 1.807) is 12.1 Å². The molecule has 108 valence electrons. The second-order valence-electron chi connectivity index (χ2n) is 4.43. The molecule has 1 unspecified atom stereocenters. The number of aromatic amines is 1. The van der Waals surface area contributed by atoms with Crippen molar-refractivity contribution in [3.05, 3.63) is 69.5 Å². The zero-order valence-corrected chi connectivity index (χ0v) is 11.0. The highest BCUT2D eigenvalue weighted by molar-refractivity contribution is 6.22. The third-order valence-electron chi connectivity index (χ3n) is 3.04. The van der Waals surface area contributed by atoms with Crippen molar-refractivity contribution in [1.82, 2.24) is 4.98 Å². The smallest absolute Gasteiger partial charge is 0.408 e. The predicted octanol–water partition coefficient (Wildman–Crippen LogP) is 3.87. The van der Waals surface area contributed by atoms with Crippen molar-refractivity contribution in [3.8, 4) is 0 Å². The Labute approximate surface area is 121 Å². The summed E-state index contributed by atoms with van der Waals surface area (Å²) in [6.07, 6.45) is 0. The number of alkyl halides is 1. The van der Waals surface area contributed by atoms with E-state index in [1.807, 2.05) is 0 Å². The first kappa shape index (κ1) is 13.8. The van der Waals surface area contributed by atoms with E-state index in [-0.39, 0.29) is 11.1 Å². The Morgan fingerprint density at radius 1 is 1.05 bits per heavy atom. The molecule has 0 amide bonds. The van der Waals surface area contributed by atoms with Crippen molar-refractivity contribution >= 4 is 22.7 Å². The van der Waals surface area contributed by atoms with Crippen LogP contribution in [0.2, 0.25) is 0 Å². The lowest BCUT2D eigenvalue weighted by atomic mass is 10.0. The van der Waals surface area contributed by atoms with Gasteiger partial charge in [-0.05, 0) is 35.4 Å². The van der Waals surface area contributed by atoms with Gasteiger partial charge in [0.2, 0.25) is 0 Å². The van der Waals surface area contributed by atoms with Crippen molar-refractivity contribution in [3.63, 3.8) is 0 Å². The van der Waals surface area contributed by atoms with E-state index in [2.05, 4.69) is 4.98 Å². The van der Waals surface area contributed by atoms with E-state index >= 15 is 0 Å². The molecule has 3 nitrogen and oxygen atoms in total. The van der Waals surface area contributed by atoms with Crippen LogP contribution in [0.25, 0.3) is 11.1 Å². The molecule has 7 heteroatoms. The van der Waals surface area contributed by atoms with E-state index in [9.17, 15) is 18.0 Å². The molecule has 1 N–H and O–H groups in total. The molecule has 3 rings (SSSR count). The first-order valence-corrected chi connectivity index (χ1v) is 6.30. The first-order chi connectivity index (χ1) is 9.95. The molecule has 0 saturated heterocycles. The molecule has 0 radical (unpaired) electrons. The van der Waals surface area contributed by atoms with Gasteiger partial charge in [0.15, 0.2) is 23.0 Å². The van der Waals surface area contributed by atoms with Crippen LogP contribution < -0.4 is 5.76 Å². The molecule has 0 saturated carbocycles. The number of aromatic nitrogens is 1. The van der Waals surface area contributed by atoms with Crippen LogP contribution >= 0.6 is 11.6 Å². The van der Waals surface area contributed by atoms with Gasteiger partial charge in [-0.1, -0.05) is 6.07 Å². The highest BCUT2D eigenvalue weighted by Gasteiger charge is 2.18. The Bertz CT molecular complexity index is 864. The van der Waals surface area contributed by atoms with Gasteiger partial charge in [-0.15, -0.1) is 11.6 Å². The maximum absolute atomic E-state index is 13.2. The number of nitrogens with one attached hydrogen (secondary N) is 1. The Kier molecular flexibility index (Phi) is 3.25. The average Bonchev–Trinajstić information content (AvgIpc) is 2.82. The molecule has 3 aromatic rings. The summed E-state index contributed by atoms with van der Waals surface area (Å²) in [6.45, 7) is 0. The van der Waals surface area contributed by atoms with Gasteiger partial charge in [-0.25, -0.2) is 18.0 Å². The van der Waals surface area contributed by atoms with Gasteiger partial charge >= 0.3 is 5.76 Å². The van der Waals surface area contributed by atoms with Crippen molar-refractivity contribution in [1.29, 1.82) is 0 Å². The summed E-state index contributed by atoms with van der Waals surface area (Å²) in [4.78, 5) is 13.5. The van der Waals surface area contributed by atoms with Gasteiger partial charge in [0.25, 0.3) is 0 Å². The van der Waals surface area contributed by atoms with Crippen molar-refractivity contribution in [2.45, 2.75) is 5.38 Å². The summed E-state index contributed by atoms with van der Waals surface area (Å²) in [6, 6.07) is 6.26. The summed E-state index contributed by atoms with van der Waals surface area (Å²) in [5, 5.41) is -0.917. The molecular weight excluding hydrogens is 307 g/mol. The maximum atomic E-state index is 13.2. The maximum Gasteiger partial charge on any atom is 0.417 e. The lowest BCUT2D eigenvalue weighted by Gasteiger charge is -2.11. The molecule has 2 aromatic carbocycles. The van der Waals surface area contributed by atoms with Crippen molar-refractivity contribution < 1.29 is 17.6 Å². The van der Waals surface area contributed by atoms with Crippen LogP contribution in [-0.4, -0.2) is 4.98 Å². The Hall–Kier alpha value is -2.21. The lowest BCUT2D eigenvalue weighted by Crippen LogP contribution is -1.98. The lowest BCUT2D eigenvalue weighted by molar-refractivity contribution is 0.445. The number of benzene rings is 2. The van der Waals surface area contributed by atoms with Crippen molar-refractivity contribution in [2.75, 3.05) is 0 Å². The van der Waals surface area contributed by atoms with Crippen LogP contribution in [0.5, 0.6) is 0 Å². The number of H-pyrrole nitrogens is 1. The number of rotatable bonds is 2. The van der Waals surface area contributed by atoms with E-state index in [1.165, 1.54) is 6.07 Å². The molecular formula is C14H7ClF3NO2. The van der Waals surface area contributed by atoms with Crippen LogP contribution in [0.15, 0.2) is 39.5 Å². The van der Waals surface area contributed by atoms with Crippen molar-refractivity contribution in [2.24, 2.45) is 0 Å². The second-order valence-corrected chi connectivity index (χ2v) is 4.87. The van der Waals surface area contributed by atoms with E-state index in [0.717, 1.165) is 12.1 Å². The normalized spacial score (nSPS) is 12.8. The Morgan fingerprint density at radius 2 is 1.71 bits per heavy atom. The summed E-state index contributed by atoms with van der Waals surface area (Å²) in [7, 11) is 0. The van der Waals surface area contributed by atoms with E-state index < -0.39 is 28.6 Å². The van der Waals surface area contributed by atoms with Gasteiger partial charge in [-0.2, -0.15) is 0 Å². The molecule has 0 aliphatic carbocycles. The summed E-state index contributed by atoms with van der Waals surface area (Å²) < 4.78 is 44.3. The third-order valence-corrected chi connectivity index (χ3v) is 3.54. The topological polar surface area (TPSA) is 46.0 Å². The fourth-order valence-corrected chi connectivity index (χ4v) is 2.30. The highest BCUT2D eigenvalue weighted by Crippen LogP contribution is 2.31. The summed E-state index contributed by atoms with van der Waals surface area (Å²) in [5.41, 5.74) is 1.26. The monoisotopic (exact) mass is 313 g/mol. The largest absolute Gasteiger partial charge is 0.417 e. The highest BCUT2D eigenvalue weighted by atomic mass is 35.5. The molecule has 21 heavy (non-hydrogen) atoms. The van der Waals surface area contributed by atoms with Gasteiger partial charge in [-0.3, -0.25) is 4.98 Å². The minimum atomic E-state index is -1.55. The molecule has 0 aliphatic heterocycles. The van der Waals surface area contributed by atoms with Gasteiger partial charge in [0.1, 0.15) is 0 Å². The first-order valence-electron chi connectivity index (χ1n) is 5.87. The Balaban J connectivity index is 2.07. The summed E-state index contributed by atoms with van der Waals surface area (Å²) in [5.74, 6) is -4.79. The van der Waals surface area contributed by atoms with E-state index in [0.29, 0.717) is 11.1 Å². The van der Waals surface area contributed by atoms with Crippen LogP contribution in [0.3, 0.4) is 0 Å². The zero-order valence-electron chi connectivity index (χ0n) is 10.3. The SMILES string of the molecule is O=c1[nH]c2ccc(C(Cl)c3cc(F)c(F)c(F)c3)cc2o1. The molecule has 0 aliphatic rings. The molecule has 1 heterocycles. The molecule has 0 bridgehead atoms. The van der Waals surface area contributed by atoms with Crippen LogP contribution in [0.4, 0.5) is 13.2 Å². The Morgan fingerprint density at radius 3 is 2.38 bits per heavy atom. The van der Waals surface area contributed by atoms with Crippen LogP contribution in [-0.2, 0) is 0 Å². The van der Waals surface area contributed by atoms with Gasteiger partial charge in [0, 0.05) is 0 Å².